The van der Waals surface area contributed by atoms with Gasteiger partial charge in [0.25, 0.3) is 0 Å². The number of aromatic carboxylic acids is 1. The molecule has 2 aliphatic rings. The number of rotatable bonds is 5. The molecule has 1 N–H and O–H groups in total. The quantitative estimate of drug-likeness (QED) is 0.622. The summed E-state index contributed by atoms with van der Waals surface area (Å²) >= 11 is 5.48. The van der Waals surface area contributed by atoms with Crippen molar-refractivity contribution in [1.82, 2.24) is 9.47 Å². The van der Waals surface area contributed by atoms with E-state index >= 15 is 4.39 Å². The standard InChI is InChI=1S/C21H23ClFN3O6.C2H6/c1-11-8-24(5-6-25(11)21(30)32-10-22)17-15(23)7-13-16(19(17)31-2)26(12-3-4-12)9-14(18(13)27)20(28)29;1-2/h7,9,11-12H,3-6,8,10H2,1-2H3,(H,28,29);1-2H3. The molecule has 1 aromatic carbocycles. The number of benzene rings is 1. The fourth-order valence-electron chi connectivity index (χ4n) is 4.29. The van der Waals surface area contributed by atoms with E-state index in [4.69, 9.17) is 21.1 Å². The second-order valence-corrected chi connectivity index (χ2v) is 8.18. The lowest BCUT2D eigenvalue weighted by atomic mass is 10.1. The van der Waals surface area contributed by atoms with Crippen LogP contribution in [0.15, 0.2) is 17.1 Å². The molecule has 0 bridgehead atoms. The molecule has 1 aliphatic carbocycles. The van der Waals surface area contributed by atoms with Gasteiger partial charge in [0.05, 0.1) is 18.0 Å². The molecule has 0 spiro atoms. The van der Waals surface area contributed by atoms with Gasteiger partial charge in [0.1, 0.15) is 11.3 Å². The number of carbonyl (C=O) groups is 2. The molecule has 186 valence electrons. The number of alkyl halides is 1. The third kappa shape index (κ3) is 4.64. The Balaban J connectivity index is 0.00000158. The van der Waals surface area contributed by atoms with Gasteiger partial charge in [-0.15, -0.1) is 0 Å². The fraction of sp³-hybridized carbons (Fsp3) is 0.522. The molecule has 34 heavy (non-hydrogen) atoms. The molecule has 1 unspecified atom stereocenters. The van der Waals surface area contributed by atoms with E-state index in [9.17, 15) is 19.5 Å². The van der Waals surface area contributed by atoms with Crippen molar-refractivity contribution in [2.45, 2.75) is 45.7 Å². The van der Waals surface area contributed by atoms with Crippen LogP contribution < -0.4 is 15.1 Å². The van der Waals surface area contributed by atoms with E-state index in [1.54, 1.807) is 9.47 Å². The maximum Gasteiger partial charge on any atom is 0.411 e. The molecule has 2 heterocycles. The molecule has 11 heteroatoms. The number of carboxylic acids is 1. The van der Waals surface area contributed by atoms with E-state index < -0.39 is 28.9 Å². The third-order valence-corrected chi connectivity index (χ3v) is 6.04. The Hall–Kier alpha value is -3.01. The monoisotopic (exact) mass is 497 g/mol. The van der Waals surface area contributed by atoms with Gasteiger partial charge in [-0.3, -0.25) is 4.79 Å². The lowest BCUT2D eigenvalue weighted by Gasteiger charge is -2.40. The van der Waals surface area contributed by atoms with Gasteiger partial charge in [-0.2, -0.15) is 0 Å². The normalized spacial score (nSPS) is 17.8. The fourth-order valence-corrected chi connectivity index (χ4v) is 4.38. The maximum atomic E-state index is 15.4. The number of anilines is 1. The summed E-state index contributed by atoms with van der Waals surface area (Å²) in [6.07, 6.45) is 2.43. The number of ether oxygens (including phenoxy) is 2. The van der Waals surface area contributed by atoms with Crippen molar-refractivity contribution >= 4 is 40.3 Å². The number of pyridine rings is 1. The molecule has 1 atom stereocenters. The van der Waals surface area contributed by atoms with Gasteiger partial charge in [0.15, 0.2) is 17.6 Å². The summed E-state index contributed by atoms with van der Waals surface area (Å²) in [5.74, 6) is -1.88. The summed E-state index contributed by atoms with van der Waals surface area (Å²) in [5, 5.41) is 9.41. The minimum Gasteiger partial charge on any atom is -0.492 e. The van der Waals surface area contributed by atoms with Crippen LogP contribution in [0.5, 0.6) is 5.75 Å². The molecule has 1 amide bonds. The van der Waals surface area contributed by atoms with E-state index in [2.05, 4.69) is 0 Å². The van der Waals surface area contributed by atoms with Gasteiger partial charge in [-0.1, -0.05) is 25.4 Å². The molecule has 2 aromatic rings. The highest BCUT2D eigenvalue weighted by molar-refractivity contribution is 6.17. The van der Waals surface area contributed by atoms with Crippen molar-refractivity contribution in [2.75, 3.05) is 37.7 Å². The summed E-state index contributed by atoms with van der Waals surface area (Å²) < 4.78 is 27.5. The number of hydrogen-bond acceptors (Lipinski definition) is 6. The smallest absolute Gasteiger partial charge is 0.411 e. The zero-order valence-corrected chi connectivity index (χ0v) is 20.4. The Bertz CT molecular complexity index is 1150. The number of amides is 1. The average molecular weight is 498 g/mol. The molecule has 2 fully saturated rings. The van der Waals surface area contributed by atoms with Crippen molar-refractivity contribution in [1.29, 1.82) is 0 Å². The highest BCUT2D eigenvalue weighted by Crippen LogP contribution is 2.44. The molecule has 1 aromatic heterocycles. The molecule has 1 saturated carbocycles. The average Bonchev–Trinajstić information content (AvgIpc) is 3.65. The third-order valence-electron chi connectivity index (χ3n) is 5.93. The van der Waals surface area contributed by atoms with Crippen molar-refractivity contribution < 1.29 is 28.6 Å². The molecule has 9 nitrogen and oxygen atoms in total. The van der Waals surface area contributed by atoms with Crippen LogP contribution in [0.25, 0.3) is 10.9 Å². The number of carboxylic acid groups (broad SMARTS) is 1. The van der Waals surface area contributed by atoms with Gasteiger partial charge in [0.2, 0.25) is 5.43 Å². The van der Waals surface area contributed by atoms with Gasteiger partial charge in [-0.25, -0.2) is 14.0 Å². The lowest BCUT2D eigenvalue weighted by molar-refractivity contribution is 0.0694. The van der Waals surface area contributed by atoms with Gasteiger partial charge in [-0.05, 0) is 25.8 Å². The number of halogens is 2. The zero-order chi connectivity index (χ0) is 25.2. The minimum atomic E-state index is -1.36. The Kier molecular flexibility index (Phi) is 7.91. The summed E-state index contributed by atoms with van der Waals surface area (Å²) in [5.41, 5.74) is -0.610. The molecule has 1 saturated heterocycles. The number of methoxy groups -OCH3 is 1. The number of fused-ring (bicyclic) bond motifs is 1. The maximum absolute atomic E-state index is 15.4. The first-order valence-corrected chi connectivity index (χ1v) is 11.7. The van der Waals surface area contributed by atoms with Crippen LogP contribution in [0.2, 0.25) is 0 Å². The van der Waals surface area contributed by atoms with E-state index in [0.29, 0.717) is 18.6 Å². The molecular formula is C23H29ClFN3O6. The lowest BCUT2D eigenvalue weighted by Crippen LogP contribution is -2.54. The predicted octanol–water partition coefficient (Wildman–Crippen LogP) is 4.05. The highest BCUT2D eigenvalue weighted by Gasteiger charge is 2.34. The number of carbonyl (C=O) groups excluding carboxylic acids is 1. The van der Waals surface area contributed by atoms with Crippen LogP contribution in [0.1, 0.15) is 50.0 Å². The zero-order valence-electron chi connectivity index (χ0n) is 19.6. The van der Waals surface area contributed by atoms with Crippen LogP contribution in [0, 0.1) is 5.82 Å². The first kappa shape index (κ1) is 25.6. The first-order valence-electron chi connectivity index (χ1n) is 11.2. The largest absolute Gasteiger partial charge is 0.492 e. The molecule has 4 rings (SSSR count). The van der Waals surface area contributed by atoms with E-state index in [1.165, 1.54) is 18.2 Å². The van der Waals surface area contributed by atoms with Crippen molar-refractivity contribution in [3.8, 4) is 5.75 Å². The van der Waals surface area contributed by atoms with E-state index in [-0.39, 0.29) is 41.5 Å². The van der Waals surface area contributed by atoms with Crippen molar-refractivity contribution in [3.05, 3.63) is 33.9 Å². The molecule has 0 radical (unpaired) electrons. The Morgan fingerprint density at radius 2 is 1.94 bits per heavy atom. The van der Waals surface area contributed by atoms with Crippen molar-refractivity contribution in [2.24, 2.45) is 0 Å². The van der Waals surface area contributed by atoms with Crippen LogP contribution in [0.4, 0.5) is 14.9 Å². The van der Waals surface area contributed by atoms with Gasteiger partial charge < -0.3 is 28.9 Å². The van der Waals surface area contributed by atoms with E-state index in [1.807, 2.05) is 20.8 Å². The second kappa shape index (κ2) is 10.5. The SMILES string of the molecule is CC.COc1c(N2CCN(C(=O)OCCl)C(C)C2)c(F)cc2c(=O)c(C(=O)O)cn(C3CC3)c12. The number of nitrogens with zero attached hydrogens (tertiary/aromatic N) is 3. The Labute approximate surface area is 201 Å². The minimum absolute atomic E-state index is 0.0181. The Morgan fingerprint density at radius 3 is 2.47 bits per heavy atom. The van der Waals surface area contributed by atoms with Crippen LogP contribution in [0.3, 0.4) is 0 Å². The van der Waals surface area contributed by atoms with Gasteiger partial charge >= 0.3 is 12.1 Å². The van der Waals surface area contributed by atoms with E-state index in [0.717, 1.165) is 18.9 Å². The number of piperazine rings is 1. The first-order chi connectivity index (χ1) is 16.3. The summed E-state index contributed by atoms with van der Waals surface area (Å²) in [4.78, 5) is 39.8. The second-order valence-electron chi connectivity index (χ2n) is 7.96. The van der Waals surface area contributed by atoms with Crippen LogP contribution in [-0.4, -0.2) is 65.5 Å². The summed E-state index contributed by atoms with van der Waals surface area (Å²) in [7, 11) is 1.39. The predicted molar refractivity (Wildman–Crippen MR) is 127 cm³/mol. The molecular weight excluding hydrogens is 469 g/mol. The summed E-state index contributed by atoms with van der Waals surface area (Å²) in [6, 6.07) is 0.555. The van der Waals surface area contributed by atoms with Crippen LogP contribution >= 0.6 is 11.6 Å². The van der Waals surface area contributed by atoms with Crippen LogP contribution in [-0.2, 0) is 4.74 Å². The number of hydrogen-bond donors (Lipinski definition) is 1. The molecule has 1 aliphatic heterocycles. The topological polar surface area (TPSA) is 101 Å². The van der Waals surface area contributed by atoms with Gasteiger partial charge in [0, 0.05) is 37.9 Å². The highest BCUT2D eigenvalue weighted by atomic mass is 35.5. The number of aromatic nitrogens is 1. The Morgan fingerprint density at radius 1 is 1.26 bits per heavy atom. The summed E-state index contributed by atoms with van der Waals surface area (Å²) in [6.45, 7) is 6.70. The van der Waals surface area contributed by atoms with Crippen molar-refractivity contribution in [3.63, 3.8) is 0 Å².